The van der Waals surface area contributed by atoms with Gasteiger partial charge in [-0.15, -0.1) is 0 Å². The number of nitrogens with zero attached hydrogens (tertiary/aromatic N) is 4. The summed E-state index contributed by atoms with van der Waals surface area (Å²) in [5, 5.41) is 0. The van der Waals surface area contributed by atoms with E-state index in [-0.39, 0.29) is 0 Å². The van der Waals surface area contributed by atoms with Crippen molar-refractivity contribution in [1.82, 2.24) is 18.8 Å². The largest absolute Gasteiger partial charge is 0.336 e. The summed E-state index contributed by atoms with van der Waals surface area (Å²) in [6, 6.07) is 0.857. The van der Waals surface area contributed by atoms with Crippen LogP contribution in [0.2, 0.25) is 0 Å². The lowest BCUT2D eigenvalue weighted by Crippen LogP contribution is -2.46. The fourth-order valence-electron chi connectivity index (χ4n) is 3.95. The molecule has 0 N–H and O–H groups in total. The fraction of sp³-hybridized carbons (Fsp3) is 0.800. The van der Waals surface area contributed by atoms with Gasteiger partial charge in [-0.2, -0.15) is 0 Å². The minimum atomic E-state index is -3.04. The highest BCUT2D eigenvalue weighted by Crippen LogP contribution is 2.35. The lowest BCUT2D eigenvalue weighted by Gasteiger charge is -2.38. The van der Waals surface area contributed by atoms with Crippen LogP contribution in [-0.4, -0.2) is 59.1 Å². The van der Waals surface area contributed by atoms with Crippen LogP contribution in [0.15, 0.2) is 6.20 Å². The molecule has 0 saturated carbocycles. The van der Waals surface area contributed by atoms with E-state index < -0.39 is 10.0 Å². The molecule has 3 rings (SSSR count). The second kappa shape index (κ2) is 5.94. The molecule has 2 saturated heterocycles. The lowest BCUT2D eigenvalue weighted by molar-refractivity contribution is 0.122. The van der Waals surface area contributed by atoms with Gasteiger partial charge in [0.2, 0.25) is 10.0 Å². The first-order valence-electron chi connectivity index (χ1n) is 8.07. The van der Waals surface area contributed by atoms with E-state index in [2.05, 4.69) is 22.7 Å². The Morgan fingerprint density at radius 1 is 1.18 bits per heavy atom. The first kappa shape index (κ1) is 16.0. The van der Waals surface area contributed by atoms with Gasteiger partial charge < -0.3 is 4.57 Å². The average Bonchev–Trinajstić information content (AvgIpc) is 3.04. The molecule has 0 aromatic carbocycles. The number of aryl methyl sites for hydroxylation is 2. The van der Waals surface area contributed by atoms with E-state index in [1.165, 1.54) is 12.7 Å². The summed E-state index contributed by atoms with van der Waals surface area (Å²) < 4.78 is 27.0. The van der Waals surface area contributed by atoms with E-state index in [0.717, 1.165) is 37.3 Å². The highest BCUT2D eigenvalue weighted by molar-refractivity contribution is 7.88. The first-order chi connectivity index (χ1) is 10.4. The molecule has 2 aliphatic rings. The third-order valence-corrected chi connectivity index (χ3v) is 6.29. The molecule has 1 aromatic heterocycles. The van der Waals surface area contributed by atoms with E-state index in [4.69, 9.17) is 4.98 Å². The van der Waals surface area contributed by atoms with E-state index in [0.29, 0.717) is 25.2 Å². The van der Waals surface area contributed by atoms with Crippen LogP contribution in [-0.2, 0) is 17.1 Å². The van der Waals surface area contributed by atoms with Gasteiger partial charge in [-0.25, -0.2) is 17.7 Å². The Hall–Kier alpha value is -0.920. The first-order valence-corrected chi connectivity index (χ1v) is 9.92. The maximum absolute atomic E-state index is 11.6. The van der Waals surface area contributed by atoms with Gasteiger partial charge in [-0.3, -0.25) is 4.90 Å². The van der Waals surface area contributed by atoms with Crippen LogP contribution in [0, 0.1) is 6.92 Å². The van der Waals surface area contributed by atoms with Crippen molar-refractivity contribution in [2.75, 3.05) is 25.9 Å². The van der Waals surface area contributed by atoms with Crippen molar-refractivity contribution in [3.05, 3.63) is 17.7 Å². The van der Waals surface area contributed by atoms with Gasteiger partial charge in [0.15, 0.2) is 0 Å². The van der Waals surface area contributed by atoms with Crippen molar-refractivity contribution in [3.8, 4) is 0 Å². The minimum absolute atomic E-state index is 0.383. The standard InChI is InChI=1S/C15H26N4O2S/c1-12-11-17(2)15(16-12)14-5-4-8-19(14)13-6-9-18(10-7-13)22(3,20)21/h11,13-14H,4-10H2,1-3H3. The topological polar surface area (TPSA) is 58.4 Å². The summed E-state index contributed by atoms with van der Waals surface area (Å²) in [7, 11) is -0.976. The number of aromatic nitrogens is 2. The number of sulfonamides is 1. The number of rotatable bonds is 3. The normalized spacial score (nSPS) is 25.9. The Labute approximate surface area is 133 Å². The van der Waals surface area contributed by atoms with E-state index in [1.54, 1.807) is 4.31 Å². The monoisotopic (exact) mass is 326 g/mol. The summed E-state index contributed by atoms with van der Waals surface area (Å²) >= 11 is 0. The lowest BCUT2D eigenvalue weighted by atomic mass is 10.0. The Morgan fingerprint density at radius 2 is 1.86 bits per heavy atom. The van der Waals surface area contributed by atoms with Crippen molar-refractivity contribution in [3.63, 3.8) is 0 Å². The van der Waals surface area contributed by atoms with Crippen molar-refractivity contribution in [1.29, 1.82) is 0 Å². The number of piperidine rings is 1. The number of imidazole rings is 1. The van der Waals surface area contributed by atoms with Crippen LogP contribution in [0.25, 0.3) is 0 Å². The van der Waals surface area contributed by atoms with Crippen LogP contribution in [0.1, 0.15) is 43.2 Å². The number of likely N-dealkylation sites (tertiary alicyclic amines) is 1. The van der Waals surface area contributed by atoms with Gasteiger partial charge in [-0.05, 0) is 39.2 Å². The summed E-state index contributed by atoms with van der Waals surface area (Å²) in [5.74, 6) is 1.15. The van der Waals surface area contributed by atoms with Crippen molar-refractivity contribution >= 4 is 10.0 Å². The molecular formula is C15H26N4O2S. The molecule has 1 aromatic rings. The molecule has 124 valence electrons. The number of hydrogen-bond acceptors (Lipinski definition) is 4. The molecule has 22 heavy (non-hydrogen) atoms. The van der Waals surface area contributed by atoms with Crippen LogP contribution in [0.3, 0.4) is 0 Å². The molecule has 2 aliphatic heterocycles. The minimum Gasteiger partial charge on any atom is -0.336 e. The van der Waals surface area contributed by atoms with Crippen molar-refractivity contribution < 1.29 is 8.42 Å². The second-order valence-electron chi connectivity index (χ2n) is 6.64. The molecule has 0 aliphatic carbocycles. The van der Waals surface area contributed by atoms with Crippen LogP contribution < -0.4 is 0 Å². The third-order valence-electron chi connectivity index (χ3n) is 4.99. The van der Waals surface area contributed by atoms with E-state index in [9.17, 15) is 8.42 Å². The quantitative estimate of drug-likeness (QED) is 0.840. The van der Waals surface area contributed by atoms with Gasteiger partial charge in [0.1, 0.15) is 5.82 Å². The maximum Gasteiger partial charge on any atom is 0.211 e. The molecule has 0 bridgehead atoms. The maximum atomic E-state index is 11.6. The van der Waals surface area contributed by atoms with Gasteiger partial charge in [0.05, 0.1) is 18.0 Å². The highest BCUT2D eigenvalue weighted by atomic mass is 32.2. The molecule has 6 nitrogen and oxygen atoms in total. The molecular weight excluding hydrogens is 300 g/mol. The highest BCUT2D eigenvalue weighted by Gasteiger charge is 2.36. The van der Waals surface area contributed by atoms with Gasteiger partial charge >= 0.3 is 0 Å². The van der Waals surface area contributed by atoms with Crippen molar-refractivity contribution in [2.24, 2.45) is 7.05 Å². The van der Waals surface area contributed by atoms with Crippen LogP contribution in [0.4, 0.5) is 0 Å². The van der Waals surface area contributed by atoms with E-state index >= 15 is 0 Å². The molecule has 0 spiro atoms. The Bertz CT molecular complexity index is 632. The van der Waals surface area contributed by atoms with Gasteiger partial charge in [0.25, 0.3) is 0 Å². The Kier molecular flexibility index (Phi) is 4.31. The zero-order valence-electron chi connectivity index (χ0n) is 13.7. The molecule has 0 radical (unpaired) electrons. The average molecular weight is 326 g/mol. The van der Waals surface area contributed by atoms with Crippen LogP contribution in [0.5, 0.6) is 0 Å². The van der Waals surface area contributed by atoms with E-state index in [1.807, 2.05) is 6.92 Å². The predicted octanol–water partition coefficient (Wildman–Crippen LogP) is 1.29. The molecule has 1 unspecified atom stereocenters. The SMILES string of the molecule is Cc1cn(C)c(C2CCCN2C2CCN(S(C)(=O)=O)CC2)n1. The zero-order chi connectivity index (χ0) is 15.9. The Morgan fingerprint density at radius 3 is 2.41 bits per heavy atom. The van der Waals surface area contributed by atoms with Gasteiger partial charge in [-0.1, -0.05) is 0 Å². The Balaban J connectivity index is 1.71. The summed E-state index contributed by atoms with van der Waals surface area (Å²) in [4.78, 5) is 7.26. The zero-order valence-corrected chi connectivity index (χ0v) is 14.5. The molecule has 0 amide bonds. The van der Waals surface area contributed by atoms with Crippen LogP contribution >= 0.6 is 0 Å². The van der Waals surface area contributed by atoms with Crippen molar-refractivity contribution in [2.45, 2.75) is 44.7 Å². The number of hydrogen-bond donors (Lipinski definition) is 0. The second-order valence-corrected chi connectivity index (χ2v) is 8.62. The smallest absolute Gasteiger partial charge is 0.211 e. The molecule has 7 heteroatoms. The molecule has 2 fully saturated rings. The summed E-state index contributed by atoms with van der Waals surface area (Å²) in [5.41, 5.74) is 1.07. The third kappa shape index (κ3) is 3.07. The molecule has 3 heterocycles. The predicted molar refractivity (Wildman–Crippen MR) is 86.1 cm³/mol. The fourth-order valence-corrected chi connectivity index (χ4v) is 4.83. The molecule has 1 atom stereocenters. The van der Waals surface area contributed by atoms with Gasteiger partial charge in [0, 0.05) is 32.4 Å². The summed E-state index contributed by atoms with van der Waals surface area (Å²) in [6.07, 6.45) is 7.58. The summed E-state index contributed by atoms with van der Waals surface area (Å²) in [6.45, 7) is 4.42.